The molecule has 1 saturated carbocycles. The summed E-state index contributed by atoms with van der Waals surface area (Å²) in [5, 5.41) is 17.0. The number of aromatic hydroxyl groups is 1. The lowest BCUT2D eigenvalue weighted by molar-refractivity contribution is 0.0967. The van der Waals surface area contributed by atoms with E-state index in [4.69, 9.17) is 27.9 Å². The normalized spacial score (nSPS) is 16.6. The molecule has 11 heteroatoms. The van der Waals surface area contributed by atoms with Gasteiger partial charge >= 0.3 is 6.09 Å². The molecule has 210 valence electrons. The van der Waals surface area contributed by atoms with E-state index in [1.54, 1.807) is 24.5 Å². The maximum Gasteiger partial charge on any atom is 0.407 e. The van der Waals surface area contributed by atoms with Gasteiger partial charge in [-0.1, -0.05) is 29.3 Å². The Balaban J connectivity index is 1.33. The fourth-order valence-corrected chi connectivity index (χ4v) is 5.51. The minimum absolute atomic E-state index is 0.00770. The van der Waals surface area contributed by atoms with E-state index >= 15 is 0 Å². The third-order valence-corrected chi connectivity index (χ3v) is 7.97. The molecule has 3 heterocycles. The van der Waals surface area contributed by atoms with Crippen molar-refractivity contribution < 1.29 is 19.4 Å². The van der Waals surface area contributed by atoms with Gasteiger partial charge in [-0.3, -0.25) is 9.78 Å². The number of Topliss-reactive ketones (excluding diaryl/α,β-unsaturated/α-hetero) is 1. The lowest BCUT2D eigenvalue weighted by atomic mass is 9.99. The summed E-state index contributed by atoms with van der Waals surface area (Å²) in [7, 11) is 1.54. The van der Waals surface area contributed by atoms with Crippen LogP contribution in [0.1, 0.15) is 29.6 Å². The predicted molar refractivity (Wildman–Crippen MR) is 160 cm³/mol. The van der Waals surface area contributed by atoms with Gasteiger partial charge in [0.15, 0.2) is 11.5 Å². The van der Waals surface area contributed by atoms with Crippen LogP contribution in [0.3, 0.4) is 0 Å². The number of nitrogens with zero attached hydrogens (tertiary/aromatic N) is 3. The van der Waals surface area contributed by atoms with Crippen LogP contribution in [0.25, 0.3) is 22.0 Å². The van der Waals surface area contributed by atoms with Crippen LogP contribution in [0.4, 0.5) is 22.0 Å². The van der Waals surface area contributed by atoms with Crippen LogP contribution >= 0.6 is 23.2 Å². The van der Waals surface area contributed by atoms with Crippen LogP contribution < -0.4 is 15.5 Å². The Hall–Kier alpha value is -4.08. The Morgan fingerprint density at radius 1 is 1.00 bits per heavy atom. The standard InChI is InChI=1S/C30H27Cl2N5O4/c1-33-30(40)41-20-8-9-37(15-20)26-7-5-19(13-35-26)36-27-21-10-17(18-11-23(31)29(39)24(32)12-18)4-6-25(21)34-14-22(27)28(38)16-2-3-16/h4-7,10-14,16,20,39H,2-3,8-9,15H2,1H3,(H,33,40)(H,34,36). The zero-order chi connectivity index (χ0) is 28.7. The van der Waals surface area contributed by atoms with Gasteiger partial charge in [-0.15, -0.1) is 0 Å². The van der Waals surface area contributed by atoms with Crippen molar-refractivity contribution in [3.8, 4) is 16.9 Å². The lowest BCUT2D eigenvalue weighted by Gasteiger charge is -2.19. The van der Waals surface area contributed by atoms with Crippen molar-refractivity contribution in [2.45, 2.75) is 25.4 Å². The fourth-order valence-electron chi connectivity index (χ4n) is 5.03. The van der Waals surface area contributed by atoms with Crippen molar-refractivity contribution in [1.29, 1.82) is 0 Å². The Morgan fingerprint density at radius 2 is 1.78 bits per heavy atom. The van der Waals surface area contributed by atoms with Gasteiger partial charge in [0.25, 0.3) is 0 Å². The van der Waals surface area contributed by atoms with Gasteiger partial charge in [0, 0.05) is 37.5 Å². The number of halogens is 2. The van der Waals surface area contributed by atoms with Crippen LogP contribution in [0.2, 0.25) is 10.0 Å². The number of aromatic nitrogens is 2. The van der Waals surface area contributed by atoms with Crippen LogP contribution in [0, 0.1) is 5.92 Å². The molecule has 1 saturated heterocycles. The minimum Gasteiger partial charge on any atom is -0.505 e. The number of fused-ring (bicyclic) bond motifs is 1. The summed E-state index contributed by atoms with van der Waals surface area (Å²) < 4.78 is 5.38. The number of hydrogen-bond acceptors (Lipinski definition) is 8. The van der Waals surface area contributed by atoms with E-state index in [1.807, 2.05) is 30.3 Å². The molecule has 6 rings (SSSR count). The van der Waals surface area contributed by atoms with Crippen molar-refractivity contribution in [1.82, 2.24) is 15.3 Å². The van der Waals surface area contributed by atoms with E-state index in [0.717, 1.165) is 48.1 Å². The number of ketones is 1. The maximum atomic E-state index is 13.3. The highest BCUT2D eigenvalue weighted by atomic mass is 35.5. The van der Waals surface area contributed by atoms with Crippen molar-refractivity contribution in [3.05, 3.63) is 70.5 Å². The molecule has 1 amide bonds. The monoisotopic (exact) mass is 591 g/mol. The second-order valence-corrected chi connectivity index (χ2v) is 11.1. The van der Waals surface area contributed by atoms with E-state index in [2.05, 4.69) is 25.5 Å². The molecule has 2 aromatic heterocycles. The number of benzene rings is 2. The molecule has 2 aliphatic rings. The second-order valence-electron chi connectivity index (χ2n) is 10.2. The average Bonchev–Trinajstić information content (AvgIpc) is 3.74. The third-order valence-electron chi connectivity index (χ3n) is 7.40. The minimum atomic E-state index is -0.440. The van der Waals surface area contributed by atoms with Crippen molar-refractivity contribution >= 4 is 63.2 Å². The number of amides is 1. The van der Waals surface area contributed by atoms with Crippen LogP contribution in [0.15, 0.2) is 54.9 Å². The van der Waals surface area contributed by atoms with Crippen LogP contribution in [-0.2, 0) is 4.74 Å². The van der Waals surface area contributed by atoms with Gasteiger partial charge < -0.3 is 25.4 Å². The number of nitrogens with one attached hydrogen (secondary N) is 2. The molecule has 1 unspecified atom stereocenters. The van der Waals surface area contributed by atoms with Gasteiger partial charge in [0.2, 0.25) is 0 Å². The zero-order valence-corrected chi connectivity index (χ0v) is 23.7. The number of anilines is 3. The number of phenols is 1. The second kappa shape index (κ2) is 11.1. The summed E-state index contributed by atoms with van der Waals surface area (Å²) in [5.41, 5.74) is 4.13. The molecule has 2 fully saturated rings. The van der Waals surface area contributed by atoms with Crippen LogP contribution in [-0.4, -0.2) is 53.2 Å². The quantitative estimate of drug-likeness (QED) is 0.206. The smallest absolute Gasteiger partial charge is 0.407 e. The molecular formula is C30H27Cl2N5O4. The van der Waals surface area contributed by atoms with E-state index in [1.165, 1.54) is 7.05 Å². The fraction of sp³-hybridized carbons (Fsp3) is 0.267. The average molecular weight is 592 g/mol. The molecule has 1 aliphatic carbocycles. The SMILES string of the molecule is CNC(=O)OC1CCN(c2ccc(Nc3c(C(=O)C4CC4)cnc4ccc(-c5cc(Cl)c(O)c(Cl)c5)cc34)cn2)C1. The molecule has 0 spiro atoms. The molecule has 3 N–H and O–H groups in total. The summed E-state index contributed by atoms with van der Waals surface area (Å²) in [6, 6.07) is 12.8. The topological polar surface area (TPSA) is 117 Å². The number of carbonyl (C=O) groups excluding carboxylic acids is 2. The lowest BCUT2D eigenvalue weighted by Crippen LogP contribution is -2.29. The number of pyridine rings is 2. The van der Waals surface area contributed by atoms with E-state index in [9.17, 15) is 14.7 Å². The first-order valence-corrected chi connectivity index (χ1v) is 14.1. The zero-order valence-electron chi connectivity index (χ0n) is 22.2. The summed E-state index contributed by atoms with van der Waals surface area (Å²) >= 11 is 12.4. The first-order chi connectivity index (χ1) is 19.8. The maximum absolute atomic E-state index is 13.3. The summed E-state index contributed by atoms with van der Waals surface area (Å²) in [6.07, 6.45) is 5.20. The number of carbonyl (C=O) groups is 2. The summed E-state index contributed by atoms with van der Waals surface area (Å²) in [5.74, 6) is 0.675. The third kappa shape index (κ3) is 5.60. The number of rotatable bonds is 7. The highest BCUT2D eigenvalue weighted by Gasteiger charge is 2.33. The Bertz CT molecular complexity index is 1640. The van der Waals surface area contributed by atoms with Gasteiger partial charge in [0.1, 0.15) is 11.9 Å². The number of ether oxygens (including phenoxy) is 1. The van der Waals surface area contributed by atoms with Crippen LogP contribution in [0.5, 0.6) is 5.75 Å². The molecule has 1 atom stereocenters. The number of alkyl carbamates (subject to hydrolysis) is 1. The predicted octanol–water partition coefficient (Wildman–Crippen LogP) is 6.58. The largest absolute Gasteiger partial charge is 0.505 e. The summed E-state index contributed by atoms with van der Waals surface area (Å²) in [6.45, 7) is 1.29. The van der Waals surface area contributed by atoms with Crippen molar-refractivity contribution in [2.75, 3.05) is 30.4 Å². The van der Waals surface area contributed by atoms with Gasteiger partial charge in [0.05, 0.1) is 45.2 Å². The molecule has 41 heavy (non-hydrogen) atoms. The summed E-state index contributed by atoms with van der Waals surface area (Å²) in [4.78, 5) is 36.2. The number of hydrogen-bond donors (Lipinski definition) is 3. The molecule has 9 nitrogen and oxygen atoms in total. The Kier molecular flexibility index (Phi) is 7.32. The molecule has 1 aliphatic heterocycles. The molecule has 0 radical (unpaired) electrons. The highest BCUT2D eigenvalue weighted by Crippen LogP contribution is 2.40. The van der Waals surface area contributed by atoms with Gasteiger partial charge in [-0.2, -0.15) is 0 Å². The molecular weight excluding hydrogens is 565 g/mol. The van der Waals surface area contributed by atoms with E-state index in [-0.39, 0.29) is 33.6 Å². The molecule has 0 bridgehead atoms. The van der Waals surface area contributed by atoms with Crippen molar-refractivity contribution in [3.63, 3.8) is 0 Å². The Morgan fingerprint density at radius 3 is 2.46 bits per heavy atom. The van der Waals surface area contributed by atoms with Crippen molar-refractivity contribution in [2.24, 2.45) is 5.92 Å². The first-order valence-electron chi connectivity index (χ1n) is 13.3. The molecule has 2 aromatic carbocycles. The Labute approximate surface area is 246 Å². The highest BCUT2D eigenvalue weighted by molar-refractivity contribution is 6.37. The number of phenolic OH excluding ortho intramolecular Hbond substituents is 1. The van der Waals surface area contributed by atoms with E-state index in [0.29, 0.717) is 29.0 Å². The van der Waals surface area contributed by atoms with E-state index < -0.39 is 6.09 Å². The van der Waals surface area contributed by atoms with Gasteiger partial charge in [-0.05, 0) is 60.4 Å². The molecule has 4 aromatic rings. The van der Waals surface area contributed by atoms with Gasteiger partial charge in [-0.25, -0.2) is 9.78 Å². The first kappa shape index (κ1) is 27.1.